The molecule has 2 aromatic carbocycles. The molecule has 0 aromatic heterocycles. The third kappa shape index (κ3) is 5.72. The molecule has 1 atom stereocenters. The van der Waals surface area contributed by atoms with Crippen molar-refractivity contribution >= 4 is 16.0 Å². The number of carbonyl (C=O) groups is 1. The summed E-state index contributed by atoms with van der Waals surface area (Å²) in [6.45, 7) is 2.35. The minimum atomic E-state index is -3.51. The number of aryl methyl sites for hydroxylation is 1. The molecule has 0 saturated carbocycles. The molecule has 0 saturated heterocycles. The Labute approximate surface area is 172 Å². The number of para-hydroxylation sites is 1. The third-order valence-corrected chi connectivity index (χ3v) is 6.45. The predicted molar refractivity (Wildman–Crippen MR) is 111 cm³/mol. The van der Waals surface area contributed by atoms with Crippen LogP contribution in [0.25, 0.3) is 0 Å². The number of hydrogen-bond acceptors (Lipinski definition) is 4. The summed E-state index contributed by atoms with van der Waals surface area (Å²) >= 11 is 0. The lowest BCUT2D eigenvalue weighted by Crippen LogP contribution is -2.31. The van der Waals surface area contributed by atoms with Gasteiger partial charge in [-0.2, -0.15) is 0 Å². The topological polar surface area (TPSA) is 63.7 Å². The summed E-state index contributed by atoms with van der Waals surface area (Å²) < 4.78 is 31.9. The number of nitrogens with zero attached hydrogens (tertiary/aromatic N) is 1. The Morgan fingerprint density at radius 2 is 1.86 bits per heavy atom. The van der Waals surface area contributed by atoms with E-state index in [1.807, 2.05) is 19.1 Å². The van der Waals surface area contributed by atoms with E-state index in [9.17, 15) is 13.2 Å². The Kier molecular flexibility index (Phi) is 6.73. The van der Waals surface area contributed by atoms with E-state index in [4.69, 9.17) is 4.74 Å². The summed E-state index contributed by atoms with van der Waals surface area (Å²) in [5.74, 6) is 5.45. The van der Waals surface area contributed by atoms with Gasteiger partial charge in [0, 0.05) is 25.1 Å². The highest BCUT2D eigenvalue weighted by atomic mass is 32.2. The SMILES string of the molecule is Cc1ccc(S(=O)(=O)N2C=CC(CCC#CC(=O)Oc3ccccc3)CC2)cc1. The predicted octanol–water partition coefficient (Wildman–Crippen LogP) is 3.91. The Bertz CT molecular complexity index is 1030. The fraction of sp³-hybridized carbons (Fsp3) is 0.261. The maximum Gasteiger partial charge on any atom is 0.389 e. The highest BCUT2D eigenvalue weighted by Crippen LogP contribution is 2.24. The summed E-state index contributed by atoms with van der Waals surface area (Å²) in [7, 11) is -3.51. The van der Waals surface area contributed by atoms with Gasteiger partial charge in [0.15, 0.2) is 0 Å². The molecule has 6 heteroatoms. The van der Waals surface area contributed by atoms with Crippen LogP contribution in [0, 0.1) is 24.7 Å². The normalized spacial score (nSPS) is 16.0. The van der Waals surface area contributed by atoms with Gasteiger partial charge in [-0.3, -0.25) is 4.31 Å². The standard InChI is InChI=1S/C23H23NO4S/c1-19-11-13-22(14-12-19)29(26,27)24-17-15-20(16-18-24)7-5-6-10-23(25)28-21-8-3-2-4-9-21/h2-4,8-9,11-15,17,20H,5,7,16,18H2,1H3. The van der Waals surface area contributed by atoms with E-state index in [-0.39, 0.29) is 5.92 Å². The van der Waals surface area contributed by atoms with Gasteiger partial charge < -0.3 is 4.74 Å². The molecule has 0 spiro atoms. The number of sulfonamides is 1. The molecule has 0 fully saturated rings. The molecule has 0 aliphatic carbocycles. The van der Waals surface area contributed by atoms with Crippen molar-refractivity contribution in [3.05, 3.63) is 72.4 Å². The maximum absolute atomic E-state index is 12.7. The van der Waals surface area contributed by atoms with Crippen molar-refractivity contribution in [1.82, 2.24) is 4.31 Å². The van der Waals surface area contributed by atoms with Crippen LogP contribution in [0.2, 0.25) is 0 Å². The lowest BCUT2D eigenvalue weighted by Gasteiger charge is -2.27. The van der Waals surface area contributed by atoms with Gasteiger partial charge in [-0.25, -0.2) is 13.2 Å². The minimum Gasteiger partial charge on any atom is -0.417 e. The van der Waals surface area contributed by atoms with Crippen LogP contribution in [-0.4, -0.2) is 25.2 Å². The average molecular weight is 410 g/mol. The first kappa shape index (κ1) is 20.7. The Balaban J connectivity index is 1.49. The fourth-order valence-electron chi connectivity index (χ4n) is 2.98. The van der Waals surface area contributed by atoms with E-state index >= 15 is 0 Å². The maximum atomic E-state index is 12.7. The second kappa shape index (κ2) is 9.44. The van der Waals surface area contributed by atoms with Crippen LogP contribution in [-0.2, 0) is 14.8 Å². The van der Waals surface area contributed by atoms with Crippen LogP contribution in [0.5, 0.6) is 5.75 Å². The highest BCUT2D eigenvalue weighted by molar-refractivity contribution is 7.89. The van der Waals surface area contributed by atoms with Crippen molar-refractivity contribution in [1.29, 1.82) is 0 Å². The molecular weight excluding hydrogens is 386 g/mol. The average Bonchev–Trinajstić information content (AvgIpc) is 2.73. The summed E-state index contributed by atoms with van der Waals surface area (Å²) in [6, 6.07) is 15.7. The monoisotopic (exact) mass is 409 g/mol. The molecule has 1 aliphatic rings. The third-order valence-electron chi connectivity index (χ3n) is 4.66. The molecule has 1 unspecified atom stereocenters. The van der Waals surface area contributed by atoms with Crippen molar-refractivity contribution < 1.29 is 17.9 Å². The summed E-state index contributed by atoms with van der Waals surface area (Å²) in [4.78, 5) is 12.0. The minimum absolute atomic E-state index is 0.235. The van der Waals surface area contributed by atoms with Gasteiger partial charge in [-0.1, -0.05) is 47.9 Å². The van der Waals surface area contributed by atoms with E-state index in [2.05, 4.69) is 11.8 Å². The summed E-state index contributed by atoms with van der Waals surface area (Å²) in [5.41, 5.74) is 1.02. The molecule has 0 bridgehead atoms. The van der Waals surface area contributed by atoms with E-state index in [0.29, 0.717) is 23.6 Å². The van der Waals surface area contributed by atoms with Gasteiger partial charge in [0.2, 0.25) is 0 Å². The number of carbonyl (C=O) groups excluding carboxylic acids is 1. The van der Waals surface area contributed by atoms with E-state index in [1.54, 1.807) is 54.7 Å². The van der Waals surface area contributed by atoms with Crippen molar-refractivity contribution in [3.63, 3.8) is 0 Å². The number of rotatable bonds is 5. The largest absolute Gasteiger partial charge is 0.417 e. The van der Waals surface area contributed by atoms with Gasteiger partial charge >= 0.3 is 5.97 Å². The number of benzene rings is 2. The zero-order valence-electron chi connectivity index (χ0n) is 16.2. The van der Waals surface area contributed by atoms with Crippen LogP contribution < -0.4 is 4.74 Å². The number of allylic oxidation sites excluding steroid dienone is 1. The second-order valence-electron chi connectivity index (χ2n) is 6.86. The first-order valence-electron chi connectivity index (χ1n) is 9.48. The lowest BCUT2D eigenvalue weighted by atomic mass is 9.98. The fourth-order valence-corrected chi connectivity index (χ4v) is 4.31. The Hall–Kier alpha value is -3.04. The molecule has 29 heavy (non-hydrogen) atoms. The zero-order chi connectivity index (χ0) is 20.7. The molecule has 150 valence electrons. The van der Waals surface area contributed by atoms with Crippen molar-refractivity contribution in [2.75, 3.05) is 6.54 Å². The summed E-state index contributed by atoms with van der Waals surface area (Å²) in [5, 5.41) is 0. The van der Waals surface area contributed by atoms with E-state index in [0.717, 1.165) is 18.4 Å². The number of hydrogen-bond donors (Lipinski definition) is 0. The molecule has 1 heterocycles. The molecule has 0 amide bonds. The van der Waals surface area contributed by atoms with E-state index < -0.39 is 16.0 Å². The van der Waals surface area contributed by atoms with Gasteiger partial charge in [-0.15, -0.1) is 0 Å². The molecule has 5 nitrogen and oxygen atoms in total. The van der Waals surface area contributed by atoms with Crippen LogP contribution in [0.3, 0.4) is 0 Å². The van der Waals surface area contributed by atoms with Gasteiger partial charge in [0.05, 0.1) is 4.90 Å². The number of esters is 1. The Morgan fingerprint density at radius 1 is 1.14 bits per heavy atom. The van der Waals surface area contributed by atoms with Gasteiger partial charge in [-0.05, 0) is 49.9 Å². The molecular formula is C23H23NO4S. The van der Waals surface area contributed by atoms with Crippen molar-refractivity contribution in [2.45, 2.75) is 31.1 Å². The van der Waals surface area contributed by atoms with Crippen LogP contribution in [0.1, 0.15) is 24.8 Å². The van der Waals surface area contributed by atoms with Gasteiger partial charge in [0.1, 0.15) is 5.75 Å². The first-order chi connectivity index (χ1) is 13.9. The summed E-state index contributed by atoms with van der Waals surface area (Å²) in [6.07, 6.45) is 5.57. The second-order valence-corrected chi connectivity index (χ2v) is 8.75. The molecule has 0 N–H and O–H groups in total. The lowest BCUT2D eigenvalue weighted by molar-refractivity contribution is -0.128. The van der Waals surface area contributed by atoms with Gasteiger partial charge in [0.25, 0.3) is 10.0 Å². The first-order valence-corrected chi connectivity index (χ1v) is 10.9. The van der Waals surface area contributed by atoms with Crippen LogP contribution in [0.15, 0.2) is 71.8 Å². The number of ether oxygens (including phenoxy) is 1. The zero-order valence-corrected chi connectivity index (χ0v) is 17.1. The highest BCUT2D eigenvalue weighted by Gasteiger charge is 2.24. The smallest absolute Gasteiger partial charge is 0.389 e. The van der Waals surface area contributed by atoms with E-state index in [1.165, 1.54) is 4.31 Å². The molecule has 3 rings (SSSR count). The Morgan fingerprint density at radius 3 is 2.52 bits per heavy atom. The quantitative estimate of drug-likeness (QED) is 0.325. The molecule has 1 aliphatic heterocycles. The molecule has 0 radical (unpaired) electrons. The molecule has 2 aromatic rings. The van der Waals surface area contributed by atoms with Crippen molar-refractivity contribution in [3.8, 4) is 17.6 Å². The van der Waals surface area contributed by atoms with Crippen LogP contribution >= 0.6 is 0 Å². The van der Waals surface area contributed by atoms with Crippen LogP contribution in [0.4, 0.5) is 0 Å². The van der Waals surface area contributed by atoms with Crippen molar-refractivity contribution in [2.24, 2.45) is 5.92 Å².